The minimum Gasteiger partial charge on any atom is -0.474 e. The largest absolute Gasteiger partial charge is 0.474 e. The molecular weight excluding hydrogens is 286 g/mol. The Kier molecular flexibility index (Phi) is 4.11. The highest BCUT2D eigenvalue weighted by atomic mass is 16.5. The number of ether oxygens (including phenoxy) is 1. The molecule has 0 bridgehead atoms. The van der Waals surface area contributed by atoms with E-state index in [0.29, 0.717) is 11.7 Å². The Morgan fingerprint density at radius 3 is 2.30 bits per heavy atom. The molecule has 1 fully saturated rings. The number of aromatic nitrogens is 2. The lowest BCUT2D eigenvalue weighted by molar-refractivity contribution is 0.0530. The third-order valence-corrected chi connectivity index (χ3v) is 4.10. The Morgan fingerprint density at radius 1 is 1.00 bits per heavy atom. The number of piperidine rings is 1. The van der Waals surface area contributed by atoms with Gasteiger partial charge in [0.25, 0.3) is 0 Å². The van der Waals surface area contributed by atoms with Crippen molar-refractivity contribution in [1.29, 1.82) is 0 Å². The van der Waals surface area contributed by atoms with Crippen LogP contribution in [0.5, 0.6) is 5.88 Å². The van der Waals surface area contributed by atoms with Gasteiger partial charge in [-0.15, -0.1) is 0 Å². The van der Waals surface area contributed by atoms with Gasteiger partial charge in [0.2, 0.25) is 5.88 Å². The van der Waals surface area contributed by atoms with Gasteiger partial charge in [0.1, 0.15) is 6.10 Å². The predicted octanol–water partition coefficient (Wildman–Crippen LogP) is 3.83. The smallest absolute Gasteiger partial charge is 0.217 e. The maximum absolute atomic E-state index is 6.20. The van der Waals surface area contributed by atoms with Gasteiger partial charge in [-0.1, -0.05) is 30.3 Å². The van der Waals surface area contributed by atoms with E-state index < -0.39 is 0 Å². The third-order valence-electron chi connectivity index (χ3n) is 4.10. The molecule has 3 rings (SSSR count). The number of hydrogen-bond acceptors (Lipinski definition) is 4. The van der Waals surface area contributed by atoms with Crippen LogP contribution in [0.4, 0.5) is 0 Å². The maximum atomic E-state index is 6.20. The molecular formula is C19H25N3O. The summed E-state index contributed by atoms with van der Waals surface area (Å²) in [5.41, 5.74) is 1.12. The molecule has 0 aliphatic carbocycles. The first-order valence-electron chi connectivity index (χ1n) is 8.18. The molecule has 0 atom stereocenters. The SMILES string of the molecule is CC1(C)CC(Oc2ccnc(-c3ccccc3)n2)CC(C)(C)N1. The third kappa shape index (κ3) is 4.08. The van der Waals surface area contributed by atoms with Gasteiger partial charge in [-0.3, -0.25) is 0 Å². The van der Waals surface area contributed by atoms with Gasteiger partial charge in [0.05, 0.1) is 0 Å². The highest BCUT2D eigenvalue weighted by molar-refractivity contribution is 5.54. The van der Waals surface area contributed by atoms with Crippen molar-refractivity contribution in [2.45, 2.75) is 57.7 Å². The molecule has 1 saturated heterocycles. The number of benzene rings is 1. The van der Waals surface area contributed by atoms with Crippen LogP contribution >= 0.6 is 0 Å². The Hall–Kier alpha value is -1.94. The zero-order valence-electron chi connectivity index (χ0n) is 14.3. The summed E-state index contributed by atoms with van der Waals surface area (Å²) < 4.78 is 6.20. The fourth-order valence-electron chi connectivity index (χ4n) is 3.62. The van der Waals surface area contributed by atoms with E-state index in [1.54, 1.807) is 6.20 Å². The lowest BCUT2D eigenvalue weighted by Crippen LogP contribution is -2.60. The van der Waals surface area contributed by atoms with Gasteiger partial charge in [-0.05, 0) is 27.7 Å². The van der Waals surface area contributed by atoms with E-state index in [2.05, 4.69) is 43.0 Å². The van der Waals surface area contributed by atoms with Crippen molar-refractivity contribution >= 4 is 0 Å². The second-order valence-electron chi connectivity index (χ2n) is 7.63. The van der Waals surface area contributed by atoms with Gasteiger partial charge in [-0.25, -0.2) is 4.98 Å². The topological polar surface area (TPSA) is 47.0 Å². The van der Waals surface area contributed by atoms with Crippen LogP contribution in [0.15, 0.2) is 42.6 Å². The van der Waals surface area contributed by atoms with Crippen molar-refractivity contribution in [1.82, 2.24) is 15.3 Å². The molecule has 2 heterocycles. The fourth-order valence-corrected chi connectivity index (χ4v) is 3.62. The molecule has 0 spiro atoms. The van der Waals surface area contributed by atoms with E-state index >= 15 is 0 Å². The summed E-state index contributed by atoms with van der Waals surface area (Å²) >= 11 is 0. The summed E-state index contributed by atoms with van der Waals surface area (Å²) in [7, 11) is 0. The zero-order chi connectivity index (χ0) is 16.5. The van der Waals surface area contributed by atoms with Crippen LogP contribution in [0, 0.1) is 0 Å². The van der Waals surface area contributed by atoms with Crippen LogP contribution in [0.2, 0.25) is 0 Å². The Labute approximate surface area is 138 Å². The van der Waals surface area contributed by atoms with E-state index in [9.17, 15) is 0 Å². The van der Waals surface area contributed by atoms with Crippen molar-refractivity contribution < 1.29 is 4.74 Å². The molecule has 0 unspecified atom stereocenters. The molecule has 122 valence electrons. The first-order valence-corrected chi connectivity index (χ1v) is 8.18. The average Bonchev–Trinajstić information content (AvgIpc) is 2.45. The van der Waals surface area contributed by atoms with Crippen LogP contribution < -0.4 is 10.1 Å². The molecule has 4 heteroatoms. The molecule has 1 aromatic carbocycles. The first-order chi connectivity index (χ1) is 10.8. The molecule has 4 nitrogen and oxygen atoms in total. The first kappa shape index (κ1) is 15.9. The standard InChI is InChI=1S/C19H25N3O/c1-18(2)12-15(13-19(3,4)22-18)23-16-10-11-20-17(21-16)14-8-6-5-7-9-14/h5-11,15,22H,12-13H2,1-4H3. The fraction of sp³-hybridized carbons (Fsp3) is 0.474. The Balaban J connectivity index is 1.78. The van der Waals surface area contributed by atoms with Gasteiger partial charge in [0.15, 0.2) is 5.82 Å². The van der Waals surface area contributed by atoms with Crippen LogP contribution in [0.1, 0.15) is 40.5 Å². The second kappa shape index (κ2) is 5.93. The van der Waals surface area contributed by atoms with Crippen LogP contribution in [0.25, 0.3) is 11.4 Å². The van der Waals surface area contributed by atoms with E-state index in [4.69, 9.17) is 4.74 Å². The van der Waals surface area contributed by atoms with Gasteiger partial charge < -0.3 is 10.1 Å². The molecule has 0 amide bonds. The van der Waals surface area contributed by atoms with Gasteiger partial charge in [0, 0.05) is 41.7 Å². The molecule has 23 heavy (non-hydrogen) atoms. The van der Waals surface area contributed by atoms with E-state index in [0.717, 1.165) is 18.4 Å². The van der Waals surface area contributed by atoms with Crippen molar-refractivity contribution in [2.75, 3.05) is 0 Å². The lowest BCUT2D eigenvalue weighted by Gasteiger charge is -2.46. The zero-order valence-corrected chi connectivity index (χ0v) is 14.3. The summed E-state index contributed by atoms with van der Waals surface area (Å²) in [4.78, 5) is 8.94. The molecule has 0 radical (unpaired) electrons. The van der Waals surface area contributed by atoms with E-state index in [1.807, 2.05) is 36.4 Å². The Morgan fingerprint density at radius 2 is 1.65 bits per heavy atom. The monoisotopic (exact) mass is 311 g/mol. The normalized spacial score (nSPS) is 20.2. The predicted molar refractivity (Wildman–Crippen MR) is 92.4 cm³/mol. The summed E-state index contributed by atoms with van der Waals surface area (Å²) in [5, 5.41) is 3.67. The van der Waals surface area contributed by atoms with Crippen molar-refractivity contribution in [3.8, 4) is 17.3 Å². The molecule has 1 aliphatic heterocycles. The summed E-state index contributed by atoms with van der Waals surface area (Å²) in [6.07, 6.45) is 3.84. The highest BCUT2D eigenvalue weighted by Crippen LogP contribution is 2.31. The van der Waals surface area contributed by atoms with Crippen molar-refractivity contribution in [3.63, 3.8) is 0 Å². The second-order valence-corrected chi connectivity index (χ2v) is 7.63. The molecule has 2 aromatic rings. The molecule has 0 saturated carbocycles. The Bertz CT molecular complexity index is 651. The molecule has 1 N–H and O–H groups in total. The summed E-state index contributed by atoms with van der Waals surface area (Å²) in [6, 6.07) is 11.8. The van der Waals surface area contributed by atoms with Crippen molar-refractivity contribution in [3.05, 3.63) is 42.6 Å². The van der Waals surface area contributed by atoms with Crippen LogP contribution in [-0.4, -0.2) is 27.1 Å². The van der Waals surface area contributed by atoms with Crippen LogP contribution in [0.3, 0.4) is 0 Å². The summed E-state index contributed by atoms with van der Waals surface area (Å²) in [6.45, 7) is 8.89. The number of rotatable bonds is 3. The number of nitrogens with zero attached hydrogens (tertiary/aromatic N) is 2. The van der Waals surface area contributed by atoms with Gasteiger partial charge >= 0.3 is 0 Å². The number of hydrogen-bond donors (Lipinski definition) is 1. The molecule has 1 aromatic heterocycles. The summed E-state index contributed by atoms with van der Waals surface area (Å²) in [5.74, 6) is 1.35. The van der Waals surface area contributed by atoms with E-state index in [-0.39, 0.29) is 17.2 Å². The lowest BCUT2D eigenvalue weighted by atomic mass is 9.81. The average molecular weight is 311 g/mol. The molecule has 1 aliphatic rings. The van der Waals surface area contributed by atoms with Crippen molar-refractivity contribution in [2.24, 2.45) is 0 Å². The number of nitrogens with one attached hydrogen (secondary N) is 1. The minimum atomic E-state index is 0.0572. The minimum absolute atomic E-state index is 0.0572. The quantitative estimate of drug-likeness (QED) is 0.936. The highest BCUT2D eigenvalue weighted by Gasteiger charge is 2.38. The maximum Gasteiger partial charge on any atom is 0.217 e. The van der Waals surface area contributed by atoms with E-state index in [1.165, 1.54) is 0 Å². The van der Waals surface area contributed by atoms with Crippen LogP contribution in [-0.2, 0) is 0 Å². The van der Waals surface area contributed by atoms with Gasteiger partial charge in [-0.2, -0.15) is 4.98 Å².